The summed E-state index contributed by atoms with van der Waals surface area (Å²) >= 11 is 0. The maximum absolute atomic E-state index is 17.5. The van der Waals surface area contributed by atoms with Crippen molar-refractivity contribution in [2.45, 2.75) is 81.8 Å². The van der Waals surface area contributed by atoms with Crippen LogP contribution in [0.1, 0.15) is 68.2 Å². The van der Waals surface area contributed by atoms with Crippen molar-refractivity contribution in [2.24, 2.45) is 28.4 Å². The Kier molecular flexibility index (Phi) is 6.91. The van der Waals surface area contributed by atoms with Crippen LogP contribution in [0.3, 0.4) is 0 Å². The van der Waals surface area contributed by atoms with E-state index in [-0.39, 0.29) is 12.2 Å². The number of halogens is 1. The monoisotopic (exact) mass is 619 g/mol. The quantitative estimate of drug-likeness (QED) is 0.420. The first-order chi connectivity index (χ1) is 21.4. The first-order valence-corrected chi connectivity index (χ1v) is 15.6. The summed E-state index contributed by atoms with van der Waals surface area (Å²) in [6, 6.07) is 6.51. The van der Waals surface area contributed by atoms with Crippen molar-refractivity contribution in [3.63, 3.8) is 0 Å². The molecule has 4 fully saturated rings. The first-order valence-electron chi connectivity index (χ1n) is 15.6. The van der Waals surface area contributed by atoms with Crippen LogP contribution in [0.2, 0.25) is 0 Å². The van der Waals surface area contributed by atoms with Gasteiger partial charge in [0.2, 0.25) is 0 Å². The Labute approximate surface area is 260 Å². The summed E-state index contributed by atoms with van der Waals surface area (Å²) in [5, 5.41) is 21.9. The highest BCUT2D eigenvalue weighted by atomic mass is 19.1. The molecule has 1 aliphatic heterocycles. The molecule has 0 spiro atoms. The van der Waals surface area contributed by atoms with Crippen molar-refractivity contribution in [1.82, 2.24) is 0 Å². The van der Waals surface area contributed by atoms with E-state index in [0.29, 0.717) is 48.1 Å². The van der Waals surface area contributed by atoms with Crippen molar-refractivity contribution in [3.05, 3.63) is 83.1 Å². The molecule has 1 aromatic carbocycles. The Balaban J connectivity index is 1.16. The number of aliphatic hydroxyl groups is 2. The Bertz CT molecular complexity index is 1580. The van der Waals surface area contributed by atoms with Gasteiger partial charge in [-0.3, -0.25) is 9.59 Å². The van der Waals surface area contributed by atoms with Crippen LogP contribution >= 0.6 is 0 Å². The molecule has 0 aromatic heterocycles. The van der Waals surface area contributed by atoms with Gasteiger partial charge in [0.1, 0.15) is 12.7 Å². The van der Waals surface area contributed by atoms with E-state index in [9.17, 15) is 24.6 Å². The molecule has 0 amide bonds. The zero-order chi connectivity index (χ0) is 31.9. The van der Waals surface area contributed by atoms with Crippen molar-refractivity contribution >= 4 is 17.5 Å². The van der Waals surface area contributed by atoms with Crippen LogP contribution in [0, 0.1) is 22.7 Å². The van der Waals surface area contributed by atoms with Crippen LogP contribution in [0.5, 0.6) is 0 Å². The lowest BCUT2D eigenvalue weighted by Gasteiger charge is -2.62. The van der Waals surface area contributed by atoms with E-state index in [4.69, 9.17) is 19.9 Å². The zero-order valence-electron chi connectivity index (χ0n) is 25.3. The summed E-state index contributed by atoms with van der Waals surface area (Å²) in [5.41, 5.74) is 2.12. The minimum atomic E-state index is -2.07. The second-order valence-electron chi connectivity index (χ2n) is 13.8. The zero-order valence-corrected chi connectivity index (χ0v) is 25.3. The van der Waals surface area contributed by atoms with E-state index in [1.807, 2.05) is 6.92 Å². The Morgan fingerprint density at radius 1 is 1.18 bits per heavy atom. The minimum absolute atomic E-state index is 0.0895. The number of hydrogen-bond donors (Lipinski definition) is 3. The third-order valence-corrected chi connectivity index (χ3v) is 11.7. The molecule has 3 saturated carbocycles. The van der Waals surface area contributed by atoms with Gasteiger partial charge in [0.15, 0.2) is 29.1 Å². The number of fused-ring (bicyclic) bond motifs is 7. The lowest BCUT2D eigenvalue weighted by molar-refractivity contribution is -0.231. The van der Waals surface area contributed by atoms with Gasteiger partial charge in [-0.15, -0.1) is 0 Å². The SMILES string of the molecule is C[C@]12C=CC(=O)C=C1CC[C@H]1[C@@H]3C[C@H]4O[C@H](c5ccc(C(=O)OC6C=CC=C(N)C6)cc5)O[C@@]4(C(=O)CO)[C@@]3(C)C[C@H](O)[C@@]12F. The maximum Gasteiger partial charge on any atom is 0.338 e. The molecule has 1 unspecified atom stereocenters. The maximum atomic E-state index is 17.5. The average Bonchev–Trinajstić information content (AvgIpc) is 3.51. The predicted octanol–water partition coefficient (Wildman–Crippen LogP) is 3.71. The van der Waals surface area contributed by atoms with Gasteiger partial charge in [0, 0.05) is 34.4 Å². The normalized spacial score (nSPS) is 43.0. The van der Waals surface area contributed by atoms with Gasteiger partial charge in [-0.2, -0.15) is 0 Å². The molecule has 238 valence electrons. The number of aliphatic hydroxyl groups excluding tert-OH is 2. The number of allylic oxidation sites excluding steroid dienone is 6. The van der Waals surface area contributed by atoms with Crippen LogP contribution in [0.4, 0.5) is 4.39 Å². The molecular formula is C35H38FNO8. The fraction of sp³-hybridized carbons (Fsp3) is 0.514. The number of carbonyl (C=O) groups excluding carboxylic acids is 3. The molecule has 9 nitrogen and oxygen atoms in total. The Hall–Kier alpha value is -3.44. The third kappa shape index (κ3) is 4.08. The number of hydrogen-bond acceptors (Lipinski definition) is 9. The van der Waals surface area contributed by atoms with Crippen molar-refractivity contribution in [1.29, 1.82) is 0 Å². The van der Waals surface area contributed by atoms with E-state index in [1.165, 1.54) is 12.2 Å². The highest BCUT2D eigenvalue weighted by Gasteiger charge is 2.79. The third-order valence-electron chi connectivity index (χ3n) is 11.7. The number of Topliss-reactive ketones (excluding diaryl/α,β-unsaturated/α-hetero) is 1. The van der Waals surface area contributed by atoms with Gasteiger partial charge in [-0.1, -0.05) is 36.8 Å². The van der Waals surface area contributed by atoms with Gasteiger partial charge in [-0.05, 0) is 75.0 Å². The molecule has 6 aliphatic rings. The first kappa shape index (κ1) is 30.2. The van der Waals surface area contributed by atoms with Gasteiger partial charge in [0.05, 0.1) is 17.8 Å². The summed E-state index contributed by atoms with van der Waals surface area (Å²) in [6.07, 6.45) is 7.54. The number of alkyl halides is 1. The summed E-state index contributed by atoms with van der Waals surface area (Å²) in [7, 11) is 0. The molecule has 10 atom stereocenters. The largest absolute Gasteiger partial charge is 0.454 e. The van der Waals surface area contributed by atoms with Crippen molar-refractivity contribution in [3.8, 4) is 0 Å². The van der Waals surface area contributed by atoms with E-state index < -0.39 is 76.9 Å². The molecule has 7 rings (SSSR count). The standard InChI is InChI=1S/C35H38FNO8/c1-32-13-12-23(39)14-21(32)10-11-25-26-16-29-35(28(41)18-38,33(26,2)17-27(40)34(25,32)36)45-31(44-29)20-8-6-19(7-9-20)30(42)43-24-5-3-4-22(37)15-24/h3-9,12-14,24-27,29,31,38,40H,10-11,15-18,37H2,1-2H3/t24?,25-,26-,27-,29+,31-,32-,33-,34-,35+/m0/s1. The summed E-state index contributed by atoms with van der Waals surface area (Å²) in [5.74, 6) is -2.31. The Morgan fingerprint density at radius 2 is 1.93 bits per heavy atom. The fourth-order valence-electron chi connectivity index (χ4n) is 9.46. The molecular weight excluding hydrogens is 581 g/mol. The summed E-state index contributed by atoms with van der Waals surface area (Å²) < 4.78 is 36.1. The van der Waals surface area contributed by atoms with Gasteiger partial charge in [0.25, 0.3) is 0 Å². The molecule has 1 aromatic rings. The van der Waals surface area contributed by atoms with E-state index in [0.717, 1.165) is 0 Å². The average molecular weight is 620 g/mol. The Morgan fingerprint density at radius 3 is 2.64 bits per heavy atom. The highest BCUT2D eigenvalue weighted by Crippen LogP contribution is 2.72. The smallest absolute Gasteiger partial charge is 0.338 e. The molecule has 4 N–H and O–H groups in total. The molecule has 45 heavy (non-hydrogen) atoms. The van der Waals surface area contributed by atoms with Crippen molar-refractivity contribution in [2.75, 3.05) is 6.61 Å². The number of nitrogens with two attached hydrogens (primary N) is 1. The van der Waals surface area contributed by atoms with E-state index >= 15 is 4.39 Å². The van der Waals surface area contributed by atoms with Crippen LogP contribution in [0.25, 0.3) is 0 Å². The number of rotatable bonds is 5. The number of ether oxygens (including phenoxy) is 3. The number of ketones is 2. The van der Waals surface area contributed by atoms with Gasteiger partial charge < -0.3 is 30.2 Å². The minimum Gasteiger partial charge on any atom is -0.454 e. The second-order valence-corrected chi connectivity index (χ2v) is 13.8. The number of esters is 1. The van der Waals surface area contributed by atoms with Crippen LogP contribution in [-0.2, 0) is 23.8 Å². The molecule has 5 aliphatic carbocycles. The summed E-state index contributed by atoms with van der Waals surface area (Å²) in [6.45, 7) is 2.78. The number of carbonyl (C=O) groups is 3. The lowest BCUT2D eigenvalue weighted by atomic mass is 9.44. The lowest BCUT2D eigenvalue weighted by Crippen LogP contribution is -2.69. The van der Waals surface area contributed by atoms with E-state index in [2.05, 4.69) is 0 Å². The van der Waals surface area contributed by atoms with Gasteiger partial charge >= 0.3 is 5.97 Å². The van der Waals surface area contributed by atoms with Gasteiger partial charge in [-0.25, -0.2) is 9.18 Å². The molecule has 10 heteroatoms. The topological polar surface area (TPSA) is 145 Å². The highest BCUT2D eigenvalue weighted by molar-refractivity contribution is 6.01. The van der Waals surface area contributed by atoms with Crippen LogP contribution in [-0.4, -0.2) is 63.9 Å². The molecule has 0 radical (unpaired) electrons. The number of benzene rings is 1. The van der Waals surface area contributed by atoms with Crippen LogP contribution < -0.4 is 5.73 Å². The molecule has 1 heterocycles. The summed E-state index contributed by atoms with van der Waals surface area (Å²) in [4.78, 5) is 38.6. The molecule has 0 bridgehead atoms. The second kappa shape index (κ2) is 10.3. The predicted molar refractivity (Wildman–Crippen MR) is 159 cm³/mol. The fourth-order valence-corrected chi connectivity index (χ4v) is 9.46. The molecule has 1 saturated heterocycles. The van der Waals surface area contributed by atoms with E-state index in [1.54, 1.807) is 55.5 Å². The van der Waals surface area contributed by atoms with Crippen molar-refractivity contribution < 1.29 is 43.2 Å². The van der Waals surface area contributed by atoms with Crippen LogP contribution in [0.15, 0.2) is 72.0 Å².